The molecule has 5 heteroatoms. The van der Waals surface area contributed by atoms with Crippen LogP contribution in [-0.4, -0.2) is 22.3 Å². The monoisotopic (exact) mass is 464 g/mol. The molecule has 2 aromatic carbocycles. The molecule has 0 N–H and O–H groups in total. The maximum Gasteiger partial charge on any atom is 0.255 e. The smallest absolute Gasteiger partial charge is 0.255 e. The van der Waals surface area contributed by atoms with E-state index in [1.807, 2.05) is 75.9 Å². The predicted octanol–water partition coefficient (Wildman–Crippen LogP) is 6.77. The number of carbonyl (C=O) groups is 1. The molecule has 4 nitrogen and oxygen atoms in total. The van der Waals surface area contributed by atoms with Crippen LogP contribution in [0.4, 0.5) is 0 Å². The first-order valence-electron chi connectivity index (χ1n) is 11.6. The van der Waals surface area contributed by atoms with Crippen LogP contribution in [0.25, 0.3) is 0 Å². The first-order valence-corrected chi connectivity index (χ1v) is 11.9. The molecule has 0 fully saturated rings. The van der Waals surface area contributed by atoms with Crippen LogP contribution >= 0.6 is 11.6 Å². The summed E-state index contributed by atoms with van der Waals surface area (Å²) in [5.41, 5.74) is 7.77. The first kappa shape index (κ1) is 24.8. The Kier molecular flexibility index (Phi) is 8.15. The van der Waals surface area contributed by atoms with Gasteiger partial charge in [0.2, 0.25) is 5.88 Å². The van der Waals surface area contributed by atoms with Gasteiger partial charge in [0.15, 0.2) is 0 Å². The van der Waals surface area contributed by atoms with Crippen LogP contribution in [0.5, 0.6) is 5.88 Å². The molecule has 4 rings (SSSR count). The number of amides is 1. The van der Waals surface area contributed by atoms with Gasteiger partial charge in [0.1, 0.15) is 6.61 Å². The van der Waals surface area contributed by atoms with Crippen molar-refractivity contribution in [3.63, 3.8) is 0 Å². The molecule has 1 amide bonds. The van der Waals surface area contributed by atoms with E-state index in [1.165, 1.54) is 0 Å². The Morgan fingerprint density at radius 3 is 2.39 bits per heavy atom. The van der Waals surface area contributed by atoms with E-state index in [2.05, 4.69) is 18.0 Å². The summed E-state index contributed by atoms with van der Waals surface area (Å²) in [7, 11) is 0. The third-order valence-corrected chi connectivity index (χ3v) is 6.40. The Labute approximate surface area is 202 Å². The molecule has 1 aliphatic heterocycles. The minimum absolute atomic E-state index is 0.0213. The molecule has 0 atom stereocenters. The predicted molar refractivity (Wildman–Crippen MR) is 135 cm³/mol. The maximum absolute atomic E-state index is 13.4. The minimum atomic E-state index is -0.0213. The van der Waals surface area contributed by atoms with E-state index in [0.717, 1.165) is 45.5 Å². The number of pyridine rings is 1. The number of fused-ring (bicyclic) bond motifs is 1. The zero-order valence-electron chi connectivity index (χ0n) is 20.5. The summed E-state index contributed by atoms with van der Waals surface area (Å²) in [5.74, 6) is 0.568. The molecule has 0 bridgehead atoms. The van der Waals surface area contributed by atoms with Crippen molar-refractivity contribution in [3.8, 4) is 5.88 Å². The summed E-state index contributed by atoms with van der Waals surface area (Å²) < 4.78 is 6.12. The van der Waals surface area contributed by atoms with Crippen molar-refractivity contribution < 1.29 is 9.53 Å². The Morgan fingerprint density at radius 1 is 1.00 bits per heavy atom. The molecule has 1 aromatic heterocycles. The summed E-state index contributed by atoms with van der Waals surface area (Å²) >= 11 is 6.56. The van der Waals surface area contributed by atoms with Gasteiger partial charge in [0, 0.05) is 17.8 Å². The highest BCUT2D eigenvalue weighted by atomic mass is 35.5. The molecule has 174 valence electrons. The number of carbonyl (C=O) groups excluding carboxylic acids is 1. The number of ether oxygens (including phenoxy) is 1. The van der Waals surface area contributed by atoms with Gasteiger partial charge in [-0.25, -0.2) is 4.98 Å². The van der Waals surface area contributed by atoms with Crippen LogP contribution in [0.15, 0.2) is 42.5 Å². The van der Waals surface area contributed by atoms with Gasteiger partial charge < -0.3 is 9.64 Å². The van der Waals surface area contributed by atoms with Gasteiger partial charge in [-0.15, -0.1) is 0 Å². The highest BCUT2D eigenvalue weighted by Gasteiger charge is 2.30. The van der Waals surface area contributed by atoms with Gasteiger partial charge in [0.25, 0.3) is 5.91 Å². The fourth-order valence-corrected chi connectivity index (χ4v) is 4.51. The lowest BCUT2D eigenvalue weighted by Gasteiger charge is -2.31. The van der Waals surface area contributed by atoms with Crippen LogP contribution < -0.4 is 4.74 Å². The van der Waals surface area contributed by atoms with E-state index in [9.17, 15) is 4.79 Å². The van der Waals surface area contributed by atoms with E-state index < -0.39 is 0 Å². The van der Waals surface area contributed by atoms with E-state index >= 15 is 0 Å². The highest BCUT2D eigenvalue weighted by molar-refractivity contribution is 6.35. The van der Waals surface area contributed by atoms with Crippen molar-refractivity contribution in [2.75, 3.05) is 6.54 Å². The number of hydrogen-bond donors (Lipinski definition) is 0. The van der Waals surface area contributed by atoms with Crippen LogP contribution in [0, 0.1) is 27.7 Å². The average molecular weight is 465 g/mol. The average Bonchev–Trinajstić information content (AvgIpc) is 2.81. The van der Waals surface area contributed by atoms with Crippen molar-refractivity contribution in [1.29, 1.82) is 0 Å². The molecule has 0 unspecified atom stereocenters. The molecular formula is C28H33ClN2O2. The second-order valence-electron chi connectivity index (χ2n) is 8.29. The van der Waals surface area contributed by atoms with Crippen LogP contribution in [0.2, 0.25) is 5.02 Å². The van der Waals surface area contributed by atoms with Crippen LogP contribution in [0.1, 0.15) is 63.3 Å². The number of rotatable bonds is 5. The molecule has 3 aromatic rings. The van der Waals surface area contributed by atoms with Crippen molar-refractivity contribution >= 4 is 17.5 Å². The van der Waals surface area contributed by atoms with Crippen molar-refractivity contribution in [3.05, 3.63) is 92.1 Å². The molecule has 1 aliphatic rings. The molecule has 0 saturated heterocycles. The standard InChI is InChI=1S/C26H27ClN2O2.C2H6/c1-16-12-18(3)24(27)23-21(16)10-11-29(26(23)30)14-22-17(2)13-19(4)28-25(22)31-15-20-8-6-5-7-9-20;1-2/h5-9,12-13H,10-11,14-15H2,1-4H3;1-2H3. The van der Waals surface area contributed by atoms with Crippen LogP contribution in [-0.2, 0) is 19.6 Å². The molecule has 33 heavy (non-hydrogen) atoms. The molecule has 2 heterocycles. The summed E-state index contributed by atoms with van der Waals surface area (Å²) in [6.07, 6.45) is 0.797. The number of nitrogens with zero attached hydrogens (tertiary/aromatic N) is 2. The lowest BCUT2D eigenvalue weighted by atomic mass is 9.92. The van der Waals surface area contributed by atoms with E-state index in [-0.39, 0.29) is 5.91 Å². The third-order valence-electron chi connectivity index (χ3n) is 5.91. The number of benzene rings is 2. The summed E-state index contributed by atoms with van der Waals surface area (Å²) in [5, 5.41) is 0.564. The van der Waals surface area contributed by atoms with Gasteiger partial charge in [-0.1, -0.05) is 61.8 Å². The van der Waals surface area contributed by atoms with E-state index in [1.54, 1.807) is 0 Å². The van der Waals surface area contributed by atoms with E-state index in [4.69, 9.17) is 16.3 Å². The van der Waals surface area contributed by atoms with Gasteiger partial charge >= 0.3 is 0 Å². The minimum Gasteiger partial charge on any atom is -0.473 e. The number of halogens is 1. The van der Waals surface area contributed by atoms with Crippen molar-refractivity contribution in [2.45, 2.75) is 61.1 Å². The SMILES string of the molecule is CC.Cc1cc(C)c(CN2CCc3c(C)cc(C)c(Cl)c3C2=O)c(OCc2ccccc2)n1. The Balaban J connectivity index is 0.00000149. The Bertz CT molecular complexity index is 1140. The molecular weight excluding hydrogens is 432 g/mol. The molecule has 0 aliphatic carbocycles. The van der Waals surface area contributed by atoms with E-state index in [0.29, 0.717) is 36.2 Å². The second-order valence-corrected chi connectivity index (χ2v) is 8.67. The highest BCUT2D eigenvalue weighted by Crippen LogP contribution is 2.33. The second kappa shape index (κ2) is 10.8. The normalized spacial score (nSPS) is 12.7. The lowest BCUT2D eigenvalue weighted by molar-refractivity contribution is 0.0724. The third kappa shape index (κ3) is 5.39. The Morgan fingerprint density at radius 2 is 1.70 bits per heavy atom. The number of hydrogen-bond acceptors (Lipinski definition) is 3. The zero-order valence-corrected chi connectivity index (χ0v) is 21.2. The maximum atomic E-state index is 13.4. The fraction of sp³-hybridized carbons (Fsp3) is 0.357. The lowest BCUT2D eigenvalue weighted by Crippen LogP contribution is -2.38. The van der Waals surface area contributed by atoms with Gasteiger partial charge in [-0.2, -0.15) is 0 Å². The zero-order chi connectivity index (χ0) is 24.1. The van der Waals surface area contributed by atoms with Gasteiger partial charge in [0.05, 0.1) is 17.1 Å². The Hall–Kier alpha value is -2.85. The summed E-state index contributed by atoms with van der Waals surface area (Å²) in [4.78, 5) is 19.9. The summed E-state index contributed by atoms with van der Waals surface area (Å²) in [6.45, 7) is 13.5. The van der Waals surface area contributed by atoms with Gasteiger partial charge in [-0.05, 0) is 68.0 Å². The molecule has 0 saturated carbocycles. The quantitative estimate of drug-likeness (QED) is 0.418. The number of aryl methyl sites for hydroxylation is 4. The summed E-state index contributed by atoms with van der Waals surface area (Å²) in [6, 6.07) is 14.1. The van der Waals surface area contributed by atoms with Crippen molar-refractivity contribution in [1.82, 2.24) is 9.88 Å². The van der Waals surface area contributed by atoms with Gasteiger partial charge in [-0.3, -0.25) is 4.79 Å². The van der Waals surface area contributed by atoms with Crippen molar-refractivity contribution in [2.24, 2.45) is 0 Å². The largest absolute Gasteiger partial charge is 0.473 e. The topological polar surface area (TPSA) is 42.4 Å². The first-order chi connectivity index (χ1) is 15.8. The molecule has 0 spiro atoms. The van der Waals surface area contributed by atoms with Crippen LogP contribution in [0.3, 0.4) is 0 Å². The fourth-order valence-electron chi connectivity index (χ4n) is 4.26. The molecule has 0 radical (unpaired) electrons. The number of aromatic nitrogens is 1.